The van der Waals surface area contributed by atoms with E-state index >= 15 is 0 Å². The molecule has 21 heavy (non-hydrogen) atoms. The average Bonchev–Trinajstić information content (AvgIpc) is 2.95. The van der Waals surface area contributed by atoms with Gasteiger partial charge in [-0.3, -0.25) is 4.79 Å². The second kappa shape index (κ2) is 5.97. The predicted molar refractivity (Wildman–Crippen MR) is 81.8 cm³/mol. The van der Waals surface area contributed by atoms with Crippen LogP contribution in [0.5, 0.6) is 0 Å². The maximum atomic E-state index is 10.7. The molecule has 0 atom stereocenters. The Kier molecular flexibility index (Phi) is 3.87. The van der Waals surface area contributed by atoms with Crippen LogP contribution in [-0.2, 0) is 4.79 Å². The van der Waals surface area contributed by atoms with Gasteiger partial charge in [-0.15, -0.1) is 10.2 Å². The maximum absolute atomic E-state index is 10.7. The summed E-state index contributed by atoms with van der Waals surface area (Å²) in [5.74, 6) is 0.674. The molecule has 0 fully saturated rings. The minimum Gasteiger partial charge on any atom is -0.411 e. The number of carbonyl (C=O) groups excluding carboxylic acids is 1. The fraction of sp³-hybridized carbons (Fsp3) is 0.133. The summed E-state index contributed by atoms with van der Waals surface area (Å²) in [5.41, 5.74) is 5.96. The van der Waals surface area contributed by atoms with Crippen LogP contribution in [0.25, 0.3) is 22.2 Å². The number of benzene rings is 2. The first kappa shape index (κ1) is 13.6. The van der Waals surface area contributed by atoms with Crippen molar-refractivity contribution in [3.63, 3.8) is 0 Å². The van der Waals surface area contributed by atoms with E-state index in [1.54, 1.807) is 0 Å². The molecule has 0 aliphatic rings. The highest BCUT2D eigenvalue weighted by molar-refractivity contribution is 7.99. The van der Waals surface area contributed by atoms with Crippen LogP contribution in [0.3, 0.4) is 0 Å². The Bertz CT molecular complexity index is 785. The van der Waals surface area contributed by atoms with Crippen LogP contribution in [-0.4, -0.2) is 21.9 Å². The SMILES string of the molecule is NC(=O)CCSc1nnc(-c2ccc3ccccc3c2)o1. The molecule has 0 aliphatic carbocycles. The Morgan fingerprint density at radius 3 is 2.76 bits per heavy atom. The van der Waals surface area contributed by atoms with Gasteiger partial charge in [0.15, 0.2) is 0 Å². The highest BCUT2D eigenvalue weighted by Crippen LogP contribution is 2.26. The van der Waals surface area contributed by atoms with Gasteiger partial charge in [-0.2, -0.15) is 0 Å². The van der Waals surface area contributed by atoms with Gasteiger partial charge in [0, 0.05) is 17.7 Å². The minimum atomic E-state index is -0.336. The smallest absolute Gasteiger partial charge is 0.276 e. The number of primary amides is 1. The summed E-state index contributed by atoms with van der Waals surface area (Å²) in [6.45, 7) is 0. The topological polar surface area (TPSA) is 82.0 Å². The number of nitrogens with two attached hydrogens (primary N) is 1. The van der Waals surface area contributed by atoms with Crippen molar-refractivity contribution < 1.29 is 9.21 Å². The van der Waals surface area contributed by atoms with Gasteiger partial charge in [-0.25, -0.2) is 0 Å². The first-order valence-electron chi connectivity index (χ1n) is 6.46. The number of hydrogen-bond donors (Lipinski definition) is 1. The predicted octanol–water partition coefficient (Wildman–Crippen LogP) is 2.86. The third-order valence-corrected chi connectivity index (χ3v) is 3.80. The molecule has 1 amide bonds. The molecule has 0 saturated carbocycles. The Balaban J connectivity index is 1.79. The first-order valence-corrected chi connectivity index (χ1v) is 7.45. The fourth-order valence-corrected chi connectivity index (χ4v) is 2.66. The summed E-state index contributed by atoms with van der Waals surface area (Å²) in [6.07, 6.45) is 0.290. The van der Waals surface area contributed by atoms with E-state index in [2.05, 4.69) is 16.3 Å². The molecule has 0 aliphatic heterocycles. The summed E-state index contributed by atoms with van der Waals surface area (Å²) in [6, 6.07) is 14.1. The molecule has 0 saturated heterocycles. The second-order valence-electron chi connectivity index (χ2n) is 4.50. The number of hydrogen-bond acceptors (Lipinski definition) is 5. The third kappa shape index (κ3) is 3.22. The van der Waals surface area contributed by atoms with Crippen LogP contribution in [0.15, 0.2) is 52.1 Å². The van der Waals surface area contributed by atoms with Crippen molar-refractivity contribution in [3.05, 3.63) is 42.5 Å². The standard InChI is InChI=1S/C15H13N3O2S/c16-13(19)7-8-21-15-18-17-14(20-15)12-6-5-10-3-1-2-4-11(10)9-12/h1-6,9H,7-8H2,(H2,16,19). The van der Waals surface area contributed by atoms with Gasteiger partial charge in [0.2, 0.25) is 11.8 Å². The van der Waals surface area contributed by atoms with Gasteiger partial charge in [0.1, 0.15) is 0 Å². The fourth-order valence-electron chi connectivity index (χ4n) is 1.95. The van der Waals surface area contributed by atoms with Crippen molar-refractivity contribution >= 4 is 28.4 Å². The largest absolute Gasteiger partial charge is 0.411 e. The Morgan fingerprint density at radius 1 is 1.14 bits per heavy atom. The van der Waals surface area contributed by atoms with Crippen molar-refractivity contribution in [2.45, 2.75) is 11.6 Å². The van der Waals surface area contributed by atoms with E-state index in [1.165, 1.54) is 11.8 Å². The van der Waals surface area contributed by atoms with Gasteiger partial charge in [-0.1, -0.05) is 42.1 Å². The number of nitrogens with zero attached hydrogens (tertiary/aromatic N) is 2. The molecule has 2 N–H and O–H groups in total. The lowest BCUT2D eigenvalue weighted by Crippen LogP contribution is -2.10. The lowest BCUT2D eigenvalue weighted by molar-refractivity contribution is -0.117. The van der Waals surface area contributed by atoms with Crippen LogP contribution < -0.4 is 5.73 Å². The van der Waals surface area contributed by atoms with Crippen molar-refractivity contribution in [1.29, 1.82) is 0 Å². The van der Waals surface area contributed by atoms with Gasteiger partial charge in [0.25, 0.3) is 5.22 Å². The number of aromatic nitrogens is 2. The van der Waals surface area contributed by atoms with Crippen LogP contribution in [0.4, 0.5) is 0 Å². The van der Waals surface area contributed by atoms with Gasteiger partial charge < -0.3 is 10.2 Å². The molecule has 0 unspecified atom stereocenters. The van der Waals surface area contributed by atoms with E-state index in [4.69, 9.17) is 10.2 Å². The normalized spacial score (nSPS) is 10.9. The molecular formula is C15H13N3O2S. The van der Waals surface area contributed by atoms with Crippen molar-refractivity contribution in [1.82, 2.24) is 10.2 Å². The number of rotatable bonds is 5. The van der Waals surface area contributed by atoms with Gasteiger partial charge >= 0.3 is 0 Å². The number of carbonyl (C=O) groups is 1. The number of fused-ring (bicyclic) bond motifs is 1. The average molecular weight is 299 g/mol. The molecule has 1 aromatic heterocycles. The lowest BCUT2D eigenvalue weighted by atomic mass is 10.1. The van der Waals surface area contributed by atoms with Gasteiger partial charge in [0.05, 0.1) is 0 Å². The molecule has 5 nitrogen and oxygen atoms in total. The lowest BCUT2D eigenvalue weighted by Gasteiger charge is -1.99. The van der Waals surface area contributed by atoms with Crippen LogP contribution in [0.1, 0.15) is 6.42 Å². The zero-order chi connectivity index (χ0) is 14.7. The summed E-state index contributed by atoms with van der Waals surface area (Å²) in [5, 5.41) is 10.7. The Morgan fingerprint density at radius 2 is 1.95 bits per heavy atom. The molecule has 3 aromatic rings. The summed E-state index contributed by atoms with van der Waals surface area (Å²) >= 11 is 1.33. The monoisotopic (exact) mass is 299 g/mol. The Labute approximate surface area is 125 Å². The molecule has 0 radical (unpaired) electrons. The van der Waals surface area contributed by atoms with Gasteiger partial charge in [-0.05, 0) is 22.9 Å². The summed E-state index contributed by atoms with van der Waals surface area (Å²) in [4.78, 5) is 10.7. The van der Waals surface area contributed by atoms with Crippen molar-refractivity contribution in [2.24, 2.45) is 5.73 Å². The number of amides is 1. The van der Waals surface area contributed by atoms with E-state index < -0.39 is 0 Å². The van der Waals surface area contributed by atoms with Crippen LogP contribution >= 0.6 is 11.8 Å². The number of thioether (sulfide) groups is 1. The van der Waals surface area contributed by atoms with Crippen molar-refractivity contribution in [3.8, 4) is 11.5 Å². The third-order valence-electron chi connectivity index (χ3n) is 2.98. The summed E-state index contributed by atoms with van der Waals surface area (Å²) in [7, 11) is 0. The second-order valence-corrected chi connectivity index (χ2v) is 5.55. The Hall–Kier alpha value is -2.34. The van der Waals surface area contributed by atoms with Crippen LogP contribution in [0.2, 0.25) is 0 Å². The molecule has 106 valence electrons. The van der Waals surface area contributed by atoms with E-state index in [1.807, 2.05) is 36.4 Å². The molecular weight excluding hydrogens is 286 g/mol. The quantitative estimate of drug-likeness (QED) is 0.732. The molecule has 0 bridgehead atoms. The summed E-state index contributed by atoms with van der Waals surface area (Å²) < 4.78 is 5.59. The van der Waals surface area contributed by atoms with E-state index in [0.29, 0.717) is 23.3 Å². The molecule has 2 aromatic carbocycles. The van der Waals surface area contributed by atoms with E-state index in [9.17, 15) is 4.79 Å². The van der Waals surface area contributed by atoms with E-state index in [0.717, 1.165) is 16.3 Å². The molecule has 3 rings (SSSR count). The molecule has 6 heteroatoms. The van der Waals surface area contributed by atoms with Crippen LogP contribution in [0, 0.1) is 0 Å². The molecule has 1 heterocycles. The highest BCUT2D eigenvalue weighted by Gasteiger charge is 2.10. The van der Waals surface area contributed by atoms with E-state index in [-0.39, 0.29) is 5.91 Å². The van der Waals surface area contributed by atoms with Crippen molar-refractivity contribution in [2.75, 3.05) is 5.75 Å². The minimum absolute atomic E-state index is 0.290. The zero-order valence-corrected chi connectivity index (χ0v) is 12.0. The molecule has 0 spiro atoms. The zero-order valence-electron chi connectivity index (χ0n) is 11.2. The first-order chi connectivity index (χ1) is 10.2. The maximum Gasteiger partial charge on any atom is 0.276 e. The highest BCUT2D eigenvalue weighted by atomic mass is 32.2.